The van der Waals surface area contributed by atoms with Gasteiger partial charge in [0.25, 0.3) is 0 Å². The lowest BCUT2D eigenvalue weighted by Gasteiger charge is -2.42. The molecule has 0 atom stereocenters. The summed E-state index contributed by atoms with van der Waals surface area (Å²) in [5.41, 5.74) is 0. The molecule has 6 nitrogen and oxygen atoms in total. The quantitative estimate of drug-likeness (QED) is 0.348. The lowest BCUT2D eigenvalue weighted by molar-refractivity contribution is 0.0481. The molecule has 8 heteroatoms. The first kappa shape index (κ1) is 25.2. The van der Waals surface area contributed by atoms with Gasteiger partial charge in [0.1, 0.15) is 5.16 Å². The Morgan fingerprint density at radius 2 is 0.800 bits per heavy atom. The highest BCUT2D eigenvalue weighted by Crippen LogP contribution is 2.37. The summed E-state index contributed by atoms with van der Waals surface area (Å²) < 4.78 is 37.0. The third kappa shape index (κ3) is 7.38. The Morgan fingerprint density at radius 3 is 1.00 bits per heavy atom. The highest BCUT2D eigenvalue weighted by atomic mass is 28.5. The van der Waals surface area contributed by atoms with Gasteiger partial charge in [-0.2, -0.15) is 0 Å². The van der Waals surface area contributed by atoms with Gasteiger partial charge in [0.2, 0.25) is 0 Å². The van der Waals surface area contributed by atoms with E-state index >= 15 is 0 Å². The maximum Gasteiger partial charge on any atom is 0.512 e. The van der Waals surface area contributed by atoms with E-state index in [0.29, 0.717) is 39.6 Å². The Kier molecular flexibility index (Phi) is 14.4. The van der Waals surface area contributed by atoms with Gasteiger partial charge in [-0.25, -0.2) is 0 Å². The molecule has 0 aromatic carbocycles. The third-order valence-electron chi connectivity index (χ3n) is 3.53. The third-order valence-corrected chi connectivity index (χ3v) is 11.4. The average molecular weight is 396 g/mol. The summed E-state index contributed by atoms with van der Waals surface area (Å²) in [6.07, 6.45) is 2.81. The fourth-order valence-corrected chi connectivity index (χ4v) is 10.4. The molecule has 151 valence electrons. The number of hydrogen-bond donors (Lipinski definition) is 0. The van der Waals surface area contributed by atoms with Crippen LogP contribution in [0.5, 0.6) is 0 Å². The van der Waals surface area contributed by atoms with E-state index in [9.17, 15) is 0 Å². The van der Waals surface area contributed by atoms with Crippen molar-refractivity contribution in [2.24, 2.45) is 0 Å². The molecule has 0 bridgehead atoms. The monoisotopic (exact) mass is 395 g/mol. The molecular weight excluding hydrogens is 356 g/mol. The van der Waals surface area contributed by atoms with Crippen LogP contribution in [0.25, 0.3) is 0 Å². The summed E-state index contributed by atoms with van der Waals surface area (Å²) in [4.78, 5) is 0. The second kappa shape index (κ2) is 14.3. The second-order valence-corrected chi connectivity index (χ2v) is 11.0. The Hall–Kier alpha value is 0.194. The standard InChI is InChI=1S/C17H39O6Si2/c1-8-15-16-17(24(18-9-2,19-10-3)20-11-4)25(21-12-5,22-13-6)23-14-7/h8-16H2,1-7H3. The van der Waals surface area contributed by atoms with Crippen molar-refractivity contribution in [3.05, 3.63) is 5.16 Å². The predicted molar refractivity (Wildman–Crippen MR) is 104 cm³/mol. The van der Waals surface area contributed by atoms with Gasteiger partial charge in [0.05, 0.1) is 0 Å². The minimum absolute atomic E-state index is 0.511. The van der Waals surface area contributed by atoms with Crippen molar-refractivity contribution in [2.45, 2.75) is 67.7 Å². The zero-order valence-electron chi connectivity index (χ0n) is 17.3. The van der Waals surface area contributed by atoms with Crippen molar-refractivity contribution in [1.82, 2.24) is 0 Å². The summed E-state index contributed by atoms with van der Waals surface area (Å²) in [7, 11) is -6.21. The number of unbranched alkanes of at least 4 members (excludes halogenated alkanes) is 1. The van der Waals surface area contributed by atoms with Crippen molar-refractivity contribution in [3.63, 3.8) is 0 Å². The van der Waals surface area contributed by atoms with Gasteiger partial charge in [-0.15, -0.1) is 0 Å². The van der Waals surface area contributed by atoms with Gasteiger partial charge in [0, 0.05) is 39.6 Å². The van der Waals surface area contributed by atoms with Crippen LogP contribution in [0, 0.1) is 5.16 Å². The topological polar surface area (TPSA) is 55.4 Å². The van der Waals surface area contributed by atoms with E-state index in [2.05, 4.69) is 6.92 Å². The van der Waals surface area contributed by atoms with Gasteiger partial charge in [-0.3, -0.25) is 0 Å². The number of rotatable bonds is 17. The lowest BCUT2D eigenvalue weighted by Crippen LogP contribution is -2.66. The van der Waals surface area contributed by atoms with Crippen molar-refractivity contribution in [3.8, 4) is 0 Å². The maximum absolute atomic E-state index is 6.17. The van der Waals surface area contributed by atoms with E-state index in [1.54, 1.807) is 0 Å². The largest absolute Gasteiger partial charge is 0.512 e. The second-order valence-electron chi connectivity index (χ2n) is 5.29. The van der Waals surface area contributed by atoms with Crippen LogP contribution in [-0.2, 0) is 26.6 Å². The van der Waals surface area contributed by atoms with Gasteiger partial charge in [-0.05, 0) is 48.0 Å². The zero-order valence-corrected chi connectivity index (χ0v) is 19.3. The van der Waals surface area contributed by atoms with Crippen LogP contribution in [-0.4, -0.2) is 57.3 Å². The van der Waals surface area contributed by atoms with Gasteiger partial charge >= 0.3 is 17.6 Å². The molecular formula is C17H39O6Si2. The smallest absolute Gasteiger partial charge is 0.373 e. The molecule has 1 radical (unpaired) electrons. The molecule has 0 saturated heterocycles. The fourth-order valence-electron chi connectivity index (χ4n) is 2.76. The Bertz CT molecular complexity index is 259. The van der Waals surface area contributed by atoms with Crippen LogP contribution in [0.2, 0.25) is 0 Å². The molecule has 0 aromatic rings. The Morgan fingerprint density at radius 1 is 0.520 bits per heavy atom. The Labute approximate surface area is 157 Å². The normalized spacial score (nSPS) is 13.0. The highest BCUT2D eigenvalue weighted by Gasteiger charge is 2.65. The first-order valence-electron chi connectivity index (χ1n) is 9.76. The van der Waals surface area contributed by atoms with Crippen LogP contribution < -0.4 is 0 Å². The van der Waals surface area contributed by atoms with Crippen LogP contribution in [0.4, 0.5) is 0 Å². The zero-order chi connectivity index (χ0) is 19.2. The lowest BCUT2D eigenvalue weighted by atomic mass is 10.3. The molecule has 0 unspecified atom stereocenters. The van der Waals surface area contributed by atoms with Crippen molar-refractivity contribution in [1.29, 1.82) is 0 Å². The van der Waals surface area contributed by atoms with Gasteiger partial charge < -0.3 is 26.6 Å². The maximum atomic E-state index is 6.17. The molecule has 0 heterocycles. The fraction of sp³-hybridized carbons (Fsp3) is 0.941. The molecule has 0 fully saturated rings. The molecule has 0 saturated carbocycles. The molecule has 0 rings (SSSR count). The van der Waals surface area contributed by atoms with E-state index in [0.717, 1.165) is 24.4 Å². The summed E-state index contributed by atoms with van der Waals surface area (Å²) in [5, 5.41) is 0.970. The molecule has 0 aliphatic rings. The predicted octanol–water partition coefficient (Wildman–Crippen LogP) is 3.93. The van der Waals surface area contributed by atoms with Crippen LogP contribution >= 0.6 is 0 Å². The Balaban J connectivity index is 6.10. The van der Waals surface area contributed by atoms with Gasteiger partial charge in [0.15, 0.2) is 0 Å². The van der Waals surface area contributed by atoms with E-state index in [1.807, 2.05) is 41.5 Å². The molecule has 0 aliphatic carbocycles. The first-order chi connectivity index (χ1) is 12.1. The van der Waals surface area contributed by atoms with Crippen LogP contribution in [0.15, 0.2) is 0 Å². The molecule has 0 N–H and O–H groups in total. The summed E-state index contributed by atoms with van der Waals surface area (Å²) >= 11 is 0. The van der Waals surface area contributed by atoms with Gasteiger partial charge in [-0.1, -0.05) is 19.8 Å². The first-order valence-corrected chi connectivity index (χ1v) is 13.2. The molecule has 25 heavy (non-hydrogen) atoms. The average Bonchev–Trinajstić information content (AvgIpc) is 2.56. The van der Waals surface area contributed by atoms with Crippen molar-refractivity contribution in [2.75, 3.05) is 39.6 Å². The highest BCUT2D eigenvalue weighted by molar-refractivity contribution is 6.89. The van der Waals surface area contributed by atoms with Crippen LogP contribution in [0.3, 0.4) is 0 Å². The SMILES string of the molecule is CCCC[C]([Si](OCC)(OCC)OCC)[Si](OCC)(OCC)OCC. The summed E-state index contributed by atoms with van der Waals surface area (Å²) in [6.45, 7) is 17.0. The molecule has 0 aromatic heterocycles. The van der Waals surface area contributed by atoms with Crippen molar-refractivity contribution < 1.29 is 26.6 Å². The van der Waals surface area contributed by atoms with Crippen molar-refractivity contribution >= 4 is 17.6 Å². The molecule has 0 aliphatic heterocycles. The number of hydrogen-bond acceptors (Lipinski definition) is 6. The van der Waals surface area contributed by atoms with E-state index in [-0.39, 0.29) is 0 Å². The van der Waals surface area contributed by atoms with E-state index in [4.69, 9.17) is 26.6 Å². The van der Waals surface area contributed by atoms with E-state index < -0.39 is 17.6 Å². The summed E-state index contributed by atoms with van der Waals surface area (Å²) in [6, 6.07) is 0. The summed E-state index contributed by atoms with van der Waals surface area (Å²) in [5.74, 6) is 0. The minimum Gasteiger partial charge on any atom is -0.373 e. The van der Waals surface area contributed by atoms with Crippen LogP contribution in [0.1, 0.15) is 67.7 Å². The minimum atomic E-state index is -3.11. The molecule has 0 amide bonds. The van der Waals surface area contributed by atoms with E-state index in [1.165, 1.54) is 0 Å². The molecule has 0 spiro atoms.